The van der Waals surface area contributed by atoms with Gasteiger partial charge < -0.3 is 5.32 Å². The predicted molar refractivity (Wildman–Crippen MR) is 62.1 cm³/mol. The van der Waals surface area contributed by atoms with Crippen LogP contribution in [0.1, 0.15) is 32.6 Å². The van der Waals surface area contributed by atoms with E-state index in [1.807, 2.05) is 11.9 Å². The molecule has 0 aromatic heterocycles. The zero-order valence-corrected chi connectivity index (χ0v) is 10.1. The quantitative estimate of drug-likeness (QED) is 0.702. The Balaban J connectivity index is 2.10. The van der Waals surface area contributed by atoms with Crippen LogP contribution in [-0.2, 0) is 4.79 Å². The number of unbranched alkanes of at least 4 members (excludes halogenated alkanes) is 1. The van der Waals surface area contributed by atoms with Crippen molar-refractivity contribution < 1.29 is 9.59 Å². The highest BCUT2D eigenvalue weighted by atomic mass is 16.2. The van der Waals surface area contributed by atoms with Crippen LogP contribution in [0.5, 0.6) is 0 Å². The van der Waals surface area contributed by atoms with Crippen molar-refractivity contribution in [1.29, 1.82) is 0 Å². The Labute approximate surface area is 96.6 Å². The summed E-state index contributed by atoms with van der Waals surface area (Å²) in [7, 11) is 1.88. The molecule has 0 aromatic carbocycles. The summed E-state index contributed by atoms with van der Waals surface area (Å²) in [5.41, 5.74) is 0. The number of hydrogen-bond donors (Lipinski definition) is 2. The molecule has 0 bridgehead atoms. The van der Waals surface area contributed by atoms with Crippen LogP contribution in [0.25, 0.3) is 0 Å². The first kappa shape index (κ1) is 13.0. The second kappa shape index (κ2) is 6.48. The van der Waals surface area contributed by atoms with Gasteiger partial charge in [0.2, 0.25) is 5.91 Å². The summed E-state index contributed by atoms with van der Waals surface area (Å²) in [4.78, 5) is 24.6. The Morgan fingerprint density at radius 2 is 2.06 bits per heavy atom. The number of rotatable bonds is 6. The molecule has 1 aliphatic rings. The highest BCUT2D eigenvalue weighted by Gasteiger charge is 2.23. The van der Waals surface area contributed by atoms with E-state index >= 15 is 0 Å². The number of likely N-dealkylation sites (N-methyl/N-ethyl adjacent to an activating group) is 1. The summed E-state index contributed by atoms with van der Waals surface area (Å²) in [5.74, 6) is -0.239. The maximum Gasteiger partial charge on any atom is 0.321 e. The fraction of sp³-hybridized carbons (Fsp3) is 0.818. The number of hydrogen-bond acceptors (Lipinski definition) is 3. The maximum atomic E-state index is 11.4. The lowest BCUT2D eigenvalue weighted by Gasteiger charge is -2.15. The lowest BCUT2D eigenvalue weighted by molar-refractivity contribution is -0.120. The minimum Gasteiger partial charge on any atom is -0.335 e. The molecule has 0 heterocycles. The standard InChI is InChI=1S/C11H21N3O2/c1-3-4-7-14(2)8-10(15)13-11(16)12-9-5-6-9/h9H,3-8H2,1-2H3,(H2,12,13,15,16). The van der Waals surface area contributed by atoms with Gasteiger partial charge in [-0.3, -0.25) is 15.0 Å². The number of urea groups is 1. The molecular formula is C11H21N3O2. The molecule has 2 N–H and O–H groups in total. The van der Waals surface area contributed by atoms with Gasteiger partial charge in [0.05, 0.1) is 6.54 Å². The first-order valence-corrected chi connectivity index (χ1v) is 5.90. The third-order valence-electron chi connectivity index (χ3n) is 2.47. The Kier molecular flexibility index (Phi) is 5.25. The first-order valence-electron chi connectivity index (χ1n) is 5.90. The van der Waals surface area contributed by atoms with E-state index in [2.05, 4.69) is 17.6 Å². The molecule has 16 heavy (non-hydrogen) atoms. The van der Waals surface area contributed by atoms with Crippen molar-refractivity contribution in [2.75, 3.05) is 20.1 Å². The molecule has 1 saturated carbocycles. The largest absolute Gasteiger partial charge is 0.335 e. The van der Waals surface area contributed by atoms with Crippen LogP contribution in [0, 0.1) is 0 Å². The lowest BCUT2D eigenvalue weighted by Crippen LogP contribution is -2.44. The normalized spacial score (nSPS) is 14.9. The van der Waals surface area contributed by atoms with Gasteiger partial charge in [0.1, 0.15) is 0 Å². The van der Waals surface area contributed by atoms with E-state index in [0.29, 0.717) is 0 Å². The highest BCUT2D eigenvalue weighted by molar-refractivity contribution is 5.95. The van der Waals surface area contributed by atoms with E-state index in [1.54, 1.807) is 0 Å². The van der Waals surface area contributed by atoms with Crippen LogP contribution in [-0.4, -0.2) is 43.0 Å². The van der Waals surface area contributed by atoms with Crippen molar-refractivity contribution in [2.24, 2.45) is 0 Å². The number of nitrogens with zero attached hydrogens (tertiary/aromatic N) is 1. The van der Waals surface area contributed by atoms with Crippen LogP contribution in [0.3, 0.4) is 0 Å². The summed E-state index contributed by atoms with van der Waals surface area (Å²) < 4.78 is 0. The second-order valence-electron chi connectivity index (χ2n) is 4.39. The van der Waals surface area contributed by atoms with E-state index in [-0.39, 0.29) is 24.5 Å². The van der Waals surface area contributed by atoms with Gasteiger partial charge in [-0.1, -0.05) is 13.3 Å². The van der Waals surface area contributed by atoms with E-state index in [4.69, 9.17) is 0 Å². The summed E-state index contributed by atoms with van der Waals surface area (Å²) >= 11 is 0. The molecular weight excluding hydrogens is 206 g/mol. The lowest BCUT2D eigenvalue weighted by atomic mass is 10.3. The van der Waals surface area contributed by atoms with Gasteiger partial charge in [0.25, 0.3) is 0 Å². The number of nitrogens with one attached hydrogen (secondary N) is 2. The monoisotopic (exact) mass is 227 g/mol. The summed E-state index contributed by atoms with van der Waals surface area (Å²) in [6.45, 7) is 3.27. The van der Waals surface area contributed by atoms with Gasteiger partial charge in [-0.2, -0.15) is 0 Å². The van der Waals surface area contributed by atoms with Crippen molar-refractivity contribution in [3.63, 3.8) is 0 Å². The Morgan fingerprint density at radius 1 is 1.38 bits per heavy atom. The highest BCUT2D eigenvalue weighted by Crippen LogP contribution is 2.18. The molecule has 5 heteroatoms. The van der Waals surface area contributed by atoms with Crippen molar-refractivity contribution in [3.8, 4) is 0 Å². The zero-order valence-electron chi connectivity index (χ0n) is 10.1. The van der Waals surface area contributed by atoms with E-state index in [0.717, 1.165) is 32.2 Å². The van der Waals surface area contributed by atoms with Gasteiger partial charge >= 0.3 is 6.03 Å². The van der Waals surface area contributed by atoms with Crippen LogP contribution in [0.15, 0.2) is 0 Å². The number of carbonyl (C=O) groups excluding carboxylic acids is 2. The van der Waals surface area contributed by atoms with Crippen molar-refractivity contribution in [1.82, 2.24) is 15.5 Å². The first-order chi connectivity index (χ1) is 7.61. The average Bonchev–Trinajstić information content (AvgIpc) is 2.97. The molecule has 0 radical (unpaired) electrons. The molecule has 0 aromatic rings. The summed E-state index contributed by atoms with van der Waals surface area (Å²) in [6, 6.07) is -0.0815. The van der Waals surface area contributed by atoms with Gasteiger partial charge in [-0.15, -0.1) is 0 Å². The van der Waals surface area contributed by atoms with Gasteiger partial charge in [-0.25, -0.2) is 4.79 Å². The fourth-order valence-electron chi connectivity index (χ4n) is 1.37. The zero-order chi connectivity index (χ0) is 12.0. The Bertz CT molecular complexity index is 252. The second-order valence-corrected chi connectivity index (χ2v) is 4.39. The molecule has 92 valence electrons. The molecule has 0 spiro atoms. The molecule has 1 fully saturated rings. The van der Waals surface area contributed by atoms with Crippen LogP contribution in [0.2, 0.25) is 0 Å². The third kappa shape index (κ3) is 5.70. The molecule has 5 nitrogen and oxygen atoms in total. The smallest absolute Gasteiger partial charge is 0.321 e. The predicted octanol–water partition coefficient (Wildman–Crippen LogP) is 0.707. The topological polar surface area (TPSA) is 61.4 Å². The third-order valence-corrected chi connectivity index (χ3v) is 2.47. The molecule has 3 amide bonds. The summed E-state index contributed by atoms with van der Waals surface area (Å²) in [6.07, 6.45) is 4.22. The van der Waals surface area contributed by atoms with Gasteiger partial charge in [0, 0.05) is 6.04 Å². The Hall–Kier alpha value is -1.10. The summed E-state index contributed by atoms with van der Waals surface area (Å²) in [5, 5.41) is 5.04. The van der Waals surface area contributed by atoms with Crippen molar-refractivity contribution >= 4 is 11.9 Å². The van der Waals surface area contributed by atoms with Crippen LogP contribution >= 0.6 is 0 Å². The SMILES string of the molecule is CCCCN(C)CC(=O)NC(=O)NC1CC1. The van der Waals surface area contributed by atoms with Crippen LogP contribution in [0.4, 0.5) is 4.79 Å². The number of imide groups is 1. The van der Waals surface area contributed by atoms with Crippen molar-refractivity contribution in [2.45, 2.75) is 38.6 Å². The van der Waals surface area contributed by atoms with E-state index in [1.165, 1.54) is 0 Å². The van der Waals surface area contributed by atoms with Gasteiger partial charge in [-0.05, 0) is 32.9 Å². The minimum absolute atomic E-state index is 0.239. The Morgan fingerprint density at radius 3 is 2.62 bits per heavy atom. The molecule has 0 saturated heterocycles. The minimum atomic E-state index is -0.364. The molecule has 0 atom stereocenters. The molecule has 0 unspecified atom stereocenters. The average molecular weight is 227 g/mol. The number of carbonyl (C=O) groups is 2. The van der Waals surface area contributed by atoms with Crippen molar-refractivity contribution in [3.05, 3.63) is 0 Å². The fourth-order valence-corrected chi connectivity index (χ4v) is 1.37. The molecule has 0 aliphatic heterocycles. The molecule has 1 aliphatic carbocycles. The van der Waals surface area contributed by atoms with E-state index in [9.17, 15) is 9.59 Å². The number of amides is 3. The van der Waals surface area contributed by atoms with Crippen LogP contribution < -0.4 is 10.6 Å². The molecule has 1 rings (SSSR count). The maximum absolute atomic E-state index is 11.4. The van der Waals surface area contributed by atoms with Gasteiger partial charge in [0.15, 0.2) is 0 Å². The van der Waals surface area contributed by atoms with E-state index < -0.39 is 0 Å².